The van der Waals surface area contributed by atoms with Gasteiger partial charge in [0.25, 0.3) is 0 Å². The summed E-state index contributed by atoms with van der Waals surface area (Å²) in [5, 5.41) is 7.82. The van der Waals surface area contributed by atoms with Gasteiger partial charge >= 0.3 is 0 Å². The molecule has 1 rings (SSSR count). The van der Waals surface area contributed by atoms with Gasteiger partial charge in [-0.25, -0.2) is 12.7 Å². The number of hydrogen-bond donors (Lipinski definition) is 1. The van der Waals surface area contributed by atoms with Crippen molar-refractivity contribution in [2.75, 3.05) is 25.9 Å². The van der Waals surface area contributed by atoms with Crippen LogP contribution in [-0.2, 0) is 16.6 Å². The van der Waals surface area contributed by atoms with Gasteiger partial charge in [0.1, 0.15) is 0 Å². The van der Waals surface area contributed by atoms with Crippen molar-refractivity contribution in [3.63, 3.8) is 0 Å². The lowest BCUT2D eigenvalue weighted by molar-refractivity contribution is 0.418. The monoisotopic (exact) mass is 316 g/mol. The molecule has 0 saturated carbocycles. The minimum atomic E-state index is -3.07. The van der Waals surface area contributed by atoms with E-state index in [0.29, 0.717) is 25.7 Å². The second kappa shape index (κ2) is 8.51. The van der Waals surface area contributed by atoms with Gasteiger partial charge < -0.3 is 5.32 Å². The number of sulfonamides is 1. The molecule has 0 aromatic carbocycles. The summed E-state index contributed by atoms with van der Waals surface area (Å²) in [7, 11) is -3.07. The van der Waals surface area contributed by atoms with Crippen LogP contribution in [0, 0.1) is 0 Å². The highest BCUT2D eigenvalue weighted by Crippen LogP contribution is 2.08. The van der Waals surface area contributed by atoms with Crippen LogP contribution < -0.4 is 5.32 Å². The van der Waals surface area contributed by atoms with E-state index in [1.807, 2.05) is 23.9 Å². The molecule has 0 fully saturated rings. The summed E-state index contributed by atoms with van der Waals surface area (Å²) >= 11 is 0. The van der Waals surface area contributed by atoms with Crippen LogP contribution in [0.4, 0.5) is 0 Å². The van der Waals surface area contributed by atoms with Crippen LogP contribution in [0.15, 0.2) is 12.3 Å². The molecule has 7 heteroatoms. The second-order valence-electron chi connectivity index (χ2n) is 5.33. The first-order valence-corrected chi connectivity index (χ1v) is 9.43. The highest BCUT2D eigenvalue weighted by atomic mass is 32.2. The maximum atomic E-state index is 11.4. The molecule has 0 amide bonds. The van der Waals surface area contributed by atoms with E-state index in [0.717, 1.165) is 25.1 Å². The number of nitrogens with zero attached hydrogens (tertiary/aromatic N) is 3. The predicted octanol–water partition coefficient (Wildman–Crippen LogP) is 1.62. The topological polar surface area (TPSA) is 67.2 Å². The molecule has 0 radical (unpaired) electrons. The van der Waals surface area contributed by atoms with Gasteiger partial charge in [-0.3, -0.25) is 4.68 Å². The minimum absolute atomic E-state index is 0.423. The molecule has 21 heavy (non-hydrogen) atoms. The zero-order valence-corrected chi connectivity index (χ0v) is 14.4. The first kappa shape index (κ1) is 18.1. The van der Waals surface area contributed by atoms with Crippen molar-refractivity contribution in [1.29, 1.82) is 0 Å². The summed E-state index contributed by atoms with van der Waals surface area (Å²) in [4.78, 5) is 0. The molecule has 0 saturated heterocycles. The highest BCUT2D eigenvalue weighted by Gasteiger charge is 2.13. The van der Waals surface area contributed by atoms with E-state index in [4.69, 9.17) is 0 Å². The molecule has 122 valence electrons. The van der Waals surface area contributed by atoms with Gasteiger partial charge in [0.05, 0.1) is 11.9 Å². The third kappa shape index (κ3) is 6.15. The lowest BCUT2D eigenvalue weighted by Crippen LogP contribution is -2.32. The quantitative estimate of drug-likeness (QED) is 0.666. The van der Waals surface area contributed by atoms with Crippen LogP contribution in [0.2, 0.25) is 0 Å². The highest BCUT2D eigenvalue weighted by molar-refractivity contribution is 7.88. The number of nitrogens with one attached hydrogen (secondary N) is 1. The summed E-state index contributed by atoms with van der Waals surface area (Å²) in [6.45, 7) is 8.73. The molecule has 0 bridgehead atoms. The Hall–Kier alpha value is -0.920. The van der Waals surface area contributed by atoms with Gasteiger partial charge in [-0.2, -0.15) is 5.10 Å². The average molecular weight is 316 g/mol. The normalized spacial score (nSPS) is 13.8. The predicted molar refractivity (Wildman–Crippen MR) is 85.6 cm³/mol. The van der Waals surface area contributed by atoms with E-state index in [-0.39, 0.29) is 0 Å². The third-order valence-corrected chi connectivity index (χ3v) is 4.97. The summed E-state index contributed by atoms with van der Waals surface area (Å²) < 4.78 is 26.3. The Balaban J connectivity index is 2.27. The fraction of sp³-hybridized carbons (Fsp3) is 0.786. The maximum Gasteiger partial charge on any atom is 0.211 e. The largest absolute Gasteiger partial charge is 0.311 e. The van der Waals surface area contributed by atoms with Gasteiger partial charge in [0.15, 0.2) is 0 Å². The molecule has 0 aliphatic rings. The molecule has 1 atom stereocenters. The molecule has 1 aromatic heterocycles. The minimum Gasteiger partial charge on any atom is -0.311 e. The van der Waals surface area contributed by atoms with Crippen LogP contribution >= 0.6 is 0 Å². The Morgan fingerprint density at radius 2 is 2.14 bits per heavy atom. The van der Waals surface area contributed by atoms with Crippen LogP contribution in [0.5, 0.6) is 0 Å². The zero-order valence-electron chi connectivity index (χ0n) is 13.5. The van der Waals surface area contributed by atoms with Crippen LogP contribution in [0.3, 0.4) is 0 Å². The lowest BCUT2D eigenvalue weighted by Gasteiger charge is -2.17. The fourth-order valence-electron chi connectivity index (χ4n) is 2.06. The summed E-state index contributed by atoms with van der Waals surface area (Å²) in [6.07, 6.45) is 5.12. The van der Waals surface area contributed by atoms with Gasteiger partial charge in [-0.15, -0.1) is 0 Å². The molecule has 1 heterocycles. The smallest absolute Gasteiger partial charge is 0.211 e. The van der Waals surface area contributed by atoms with E-state index < -0.39 is 10.0 Å². The standard InChI is InChI=1S/C14H28N4O2S/c1-5-13(3)18-11-8-14(16-18)12-15-9-7-10-17(6-2)21(4,19)20/h8,11,13,15H,5-7,9-10,12H2,1-4H3. The molecular weight excluding hydrogens is 288 g/mol. The molecule has 1 N–H and O–H groups in total. The van der Waals surface area contributed by atoms with Gasteiger partial charge in [0.2, 0.25) is 10.0 Å². The van der Waals surface area contributed by atoms with Crippen molar-refractivity contribution in [2.24, 2.45) is 0 Å². The molecule has 1 unspecified atom stereocenters. The summed E-state index contributed by atoms with van der Waals surface area (Å²) in [5.41, 5.74) is 1.02. The van der Waals surface area contributed by atoms with Crippen molar-refractivity contribution >= 4 is 10.0 Å². The average Bonchev–Trinajstić information content (AvgIpc) is 2.89. The SMILES string of the molecule is CCC(C)n1ccc(CNCCCN(CC)S(C)(=O)=O)n1. The van der Waals surface area contributed by atoms with E-state index in [2.05, 4.69) is 24.3 Å². The van der Waals surface area contributed by atoms with Crippen molar-refractivity contribution in [3.05, 3.63) is 18.0 Å². The van der Waals surface area contributed by atoms with E-state index in [1.54, 1.807) is 0 Å². The van der Waals surface area contributed by atoms with Crippen molar-refractivity contribution in [1.82, 2.24) is 19.4 Å². The van der Waals surface area contributed by atoms with Crippen LogP contribution in [-0.4, -0.2) is 48.4 Å². The molecule has 0 spiro atoms. The first-order valence-electron chi connectivity index (χ1n) is 7.58. The van der Waals surface area contributed by atoms with Gasteiger partial charge in [-0.1, -0.05) is 13.8 Å². The zero-order chi connectivity index (χ0) is 15.9. The molecule has 1 aromatic rings. The fourth-order valence-corrected chi connectivity index (χ4v) is 2.99. The Bertz CT molecular complexity index is 513. The number of aromatic nitrogens is 2. The maximum absolute atomic E-state index is 11.4. The Morgan fingerprint density at radius 3 is 2.71 bits per heavy atom. The van der Waals surface area contributed by atoms with Crippen LogP contribution in [0.1, 0.15) is 45.3 Å². The second-order valence-corrected chi connectivity index (χ2v) is 7.31. The van der Waals surface area contributed by atoms with Crippen molar-refractivity contribution in [3.8, 4) is 0 Å². The molecule has 0 aliphatic heterocycles. The van der Waals surface area contributed by atoms with Gasteiger partial charge in [0, 0.05) is 31.9 Å². The number of rotatable bonds is 10. The summed E-state index contributed by atoms with van der Waals surface area (Å²) in [5.74, 6) is 0. The van der Waals surface area contributed by atoms with Gasteiger partial charge in [-0.05, 0) is 32.4 Å². The Labute approximate surface area is 128 Å². The van der Waals surface area contributed by atoms with Crippen molar-refractivity contribution in [2.45, 2.75) is 46.2 Å². The first-order chi connectivity index (χ1) is 9.88. The summed E-state index contributed by atoms with van der Waals surface area (Å²) in [6, 6.07) is 2.44. The third-order valence-electron chi connectivity index (χ3n) is 3.59. The van der Waals surface area contributed by atoms with Crippen LogP contribution in [0.25, 0.3) is 0 Å². The van der Waals surface area contributed by atoms with E-state index >= 15 is 0 Å². The number of hydrogen-bond acceptors (Lipinski definition) is 4. The molecule has 6 nitrogen and oxygen atoms in total. The Kier molecular flexibility index (Phi) is 7.34. The van der Waals surface area contributed by atoms with E-state index in [9.17, 15) is 8.42 Å². The van der Waals surface area contributed by atoms with E-state index in [1.165, 1.54) is 10.6 Å². The molecule has 0 aliphatic carbocycles. The Morgan fingerprint density at radius 1 is 1.43 bits per heavy atom. The molecular formula is C14H28N4O2S. The lowest BCUT2D eigenvalue weighted by atomic mass is 10.3. The van der Waals surface area contributed by atoms with Crippen molar-refractivity contribution < 1.29 is 8.42 Å².